The van der Waals surface area contributed by atoms with E-state index in [1.807, 2.05) is 18.9 Å². The van der Waals surface area contributed by atoms with Crippen LogP contribution in [0, 0.1) is 6.92 Å². The number of halogens is 4. The summed E-state index contributed by atoms with van der Waals surface area (Å²) in [7, 11) is 3.18. The van der Waals surface area contributed by atoms with Gasteiger partial charge in [0.25, 0.3) is 5.91 Å². The van der Waals surface area contributed by atoms with Crippen LogP contribution in [-0.4, -0.2) is 55.8 Å². The minimum atomic E-state index is -4.60. The largest absolute Gasteiger partial charge is 0.494 e. The van der Waals surface area contributed by atoms with Gasteiger partial charge in [0.15, 0.2) is 0 Å². The summed E-state index contributed by atoms with van der Waals surface area (Å²) >= 11 is 6.41. The number of ether oxygens (including phenoxy) is 1. The Morgan fingerprint density at radius 2 is 1.97 bits per heavy atom. The smallest absolute Gasteiger partial charge is 0.416 e. The molecule has 1 saturated heterocycles. The average molecular weight is 560 g/mol. The first kappa shape index (κ1) is 26.7. The third-order valence-corrected chi connectivity index (χ3v) is 7.07. The number of hydrogen-bond donors (Lipinski definition) is 1. The Hall–Kier alpha value is -3.90. The number of alkyl halides is 3. The van der Waals surface area contributed by atoms with Gasteiger partial charge in [0, 0.05) is 36.0 Å². The summed E-state index contributed by atoms with van der Waals surface area (Å²) in [5, 5.41) is 15.4. The van der Waals surface area contributed by atoms with E-state index in [9.17, 15) is 18.0 Å². The fourth-order valence-electron chi connectivity index (χ4n) is 4.36. The van der Waals surface area contributed by atoms with Crippen molar-refractivity contribution < 1.29 is 22.7 Å². The van der Waals surface area contributed by atoms with Crippen LogP contribution in [0.15, 0.2) is 42.7 Å². The van der Waals surface area contributed by atoms with Gasteiger partial charge in [-0.15, -0.1) is 5.10 Å². The van der Waals surface area contributed by atoms with Crippen LogP contribution >= 0.6 is 11.6 Å². The molecule has 3 heterocycles. The van der Waals surface area contributed by atoms with Gasteiger partial charge >= 0.3 is 6.18 Å². The number of aromatic nitrogens is 5. The molecule has 1 N–H and O–H groups in total. The molecule has 2 aromatic carbocycles. The molecule has 0 saturated carbocycles. The number of aryl methyl sites for hydroxylation is 1. The van der Waals surface area contributed by atoms with Crippen molar-refractivity contribution in [2.45, 2.75) is 26.1 Å². The normalized spacial score (nSPS) is 13.8. The summed E-state index contributed by atoms with van der Waals surface area (Å²) in [6, 6.07) is 6.44. The molecule has 0 atom stereocenters. The lowest BCUT2D eigenvalue weighted by atomic mass is 10.0. The van der Waals surface area contributed by atoms with E-state index in [2.05, 4.69) is 20.7 Å². The van der Waals surface area contributed by atoms with Crippen LogP contribution in [0.4, 0.5) is 18.9 Å². The molecule has 0 spiro atoms. The summed E-state index contributed by atoms with van der Waals surface area (Å²) in [6.07, 6.45) is -0.280. The number of carbonyl (C=O) groups is 1. The molecule has 9 nitrogen and oxygen atoms in total. The highest BCUT2D eigenvalue weighted by Crippen LogP contribution is 2.39. The van der Waals surface area contributed by atoms with E-state index in [0.29, 0.717) is 22.0 Å². The molecular formula is C26H25ClF3N7O2. The van der Waals surface area contributed by atoms with Crippen LogP contribution in [-0.2, 0) is 19.8 Å². The van der Waals surface area contributed by atoms with Gasteiger partial charge in [-0.2, -0.15) is 18.3 Å². The third-order valence-electron chi connectivity index (χ3n) is 6.75. The minimum Gasteiger partial charge on any atom is -0.494 e. The van der Waals surface area contributed by atoms with Gasteiger partial charge in [0.1, 0.15) is 11.4 Å². The second-order valence-electron chi connectivity index (χ2n) is 9.28. The van der Waals surface area contributed by atoms with Crippen molar-refractivity contribution in [2.24, 2.45) is 7.05 Å². The number of likely N-dealkylation sites (tertiary alicyclic amines) is 1. The Labute approximate surface area is 227 Å². The third kappa shape index (κ3) is 5.34. The number of anilines is 1. The van der Waals surface area contributed by atoms with Crippen LogP contribution in [0.25, 0.3) is 16.9 Å². The van der Waals surface area contributed by atoms with E-state index in [4.69, 9.17) is 16.3 Å². The molecule has 0 bridgehead atoms. The molecule has 1 amide bonds. The minimum absolute atomic E-state index is 0.0700. The van der Waals surface area contributed by atoms with Crippen molar-refractivity contribution in [3.8, 4) is 22.7 Å². The predicted octanol–water partition coefficient (Wildman–Crippen LogP) is 5.12. The van der Waals surface area contributed by atoms with E-state index in [-0.39, 0.29) is 23.5 Å². The molecule has 1 aliphatic rings. The number of rotatable bonds is 7. The standard InChI is InChI=1S/C26H25ClF3N7O2/c1-15-19(12-31-35(15)2)22-14-37(34-33-22)23-10-16(5-6-20(23)27)25(38)32-21-11-18(26(28,29)30)9-17(24(21)39-3)13-36-7-4-8-36/h5-6,9-12,14H,4,7-8,13H2,1-3H3,(H,32,38). The molecule has 0 aliphatic carbocycles. The molecule has 13 heteroatoms. The first-order chi connectivity index (χ1) is 18.5. The molecule has 204 valence electrons. The molecule has 0 unspecified atom stereocenters. The molecule has 39 heavy (non-hydrogen) atoms. The van der Waals surface area contributed by atoms with Gasteiger partial charge in [-0.05, 0) is 56.8 Å². The lowest BCUT2D eigenvalue weighted by Crippen LogP contribution is -2.36. The predicted molar refractivity (Wildman–Crippen MR) is 139 cm³/mol. The van der Waals surface area contributed by atoms with Gasteiger partial charge in [-0.3, -0.25) is 14.4 Å². The number of hydrogen-bond acceptors (Lipinski definition) is 6. The molecule has 4 aromatic rings. The summed E-state index contributed by atoms with van der Waals surface area (Å²) in [5.41, 5.74) is 2.19. The van der Waals surface area contributed by atoms with Crippen molar-refractivity contribution in [3.05, 3.63) is 70.1 Å². The van der Waals surface area contributed by atoms with Gasteiger partial charge in [-0.25, -0.2) is 4.68 Å². The highest BCUT2D eigenvalue weighted by molar-refractivity contribution is 6.32. The van der Waals surface area contributed by atoms with E-state index in [1.54, 1.807) is 17.1 Å². The lowest BCUT2D eigenvalue weighted by Gasteiger charge is -2.31. The molecule has 2 aromatic heterocycles. The highest BCUT2D eigenvalue weighted by Gasteiger charge is 2.33. The number of benzene rings is 2. The average Bonchev–Trinajstić information content (AvgIpc) is 3.47. The van der Waals surface area contributed by atoms with E-state index >= 15 is 0 Å². The number of nitrogens with one attached hydrogen (secondary N) is 1. The van der Waals surface area contributed by atoms with Crippen molar-refractivity contribution in [1.29, 1.82) is 0 Å². The maximum atomic E-state index is 13.7. The lowest BCUT2D eigenvalue weighted by molar-refractivity contribution is -0.137. The van der Waals surface area contributed by atoms with Gasteiger partial charge in [-0.1, -0.05) is 16.8 Å². The zero-order valence-corrected chi connectivity index (χ0v) is 22.1. The molecule has 1 fully saturated rings. The summed E-state index contributed by atoms with van der Waals surface area (Å²) in [5.74, 6) is -0.450. The Bertz CT molecular complexity index is 1540. The molecule has 0 radical (unpaired) electrons. The Kier molecular flexibility index (Phi) is 7.08. The molecule has 1 aliphatic heterocycles. The van der Waals surface area contributed by atoms with Crippen molar-refractivity contribution in [1.82, 2.24) is 29.7 Å². The second kappa shape index (κ2) is 10.3. The maximum absolute atomic E-state index is 13.7. The topological polar surface area (TPSA) is 90.1 Å². The summed E-state index contributed by atoms with van der Waals surface area (Å²) < 4.78 is 49.7. The second-order valence-corrected chi connectivity index (χ2v) is 9.69. The monoisotopic (exact) mass is 559 g/mol. The summed E-state index contributed by atoms with van der Waals surface area (Å²) in [4.78, 5) is 15.3. The number of amides is 1. The first-order valence-electron chi connectivity index (χ1n) is 12.1. The van der Waals surface area contributed by atoms with Crippen molar-refractivity contribution >= 4 is 23.2 Å². The Morgan fingerprint density at radius 3 is 2.59 bits per heavy atom. The molecule has 5 rings (SSSR count). The fraction of sp³-hybridized carbons (Fsp3) is 0.308. The van der Waals surface area contributed by atoms with Crippen LogP contribution in [0.3, 0.4) is 0 Å². The van der Waals surface area contributed by atoms with Gasteiger partial charge in [0.2, 0.25) is 0 Å². The van der Waals surface area contributed by atoms with Crippen LogP contribution in [0.2, 0.25) is 5.02 Å². The van der Waals surface area contributed by atoms with Gasteiger partial charge in [0.05, 0.1) is 41.5 Å². The van der Waals surface area contributed by atoms with Crippen LogP contribution < -0.4 is 10.1 Å². The van der Waals surface area contributed by atoms with Crippen molar-refractivity contribution in [3.63, 3.8) is 0 Å². The van der Waals surface area contributed by atoms with E-state index in [0.717, 1.165) is 42.9 Å². The zero-order valence-electron chi connectivity index (χ0n) is 21.4. The zero-order chi connectivity index (χ0) is 27.9. The fourth-order valence-corrected chi connectivity index (χ4v) is 4.57. The number of methoxy groups -OCH3 is 1. The Balaban J connectivity index is 1.46. The quantitative estimate of drug-likeness (QED) is 0.338. The van der Waals surface area contributed by atoms with Crippen LogP contribution in [0.1, 0.15) is 33.6 Å². The van der Waals surface area contributed by atoms with E-state index in [1.165, 1.54) is 30.0 Å². The SMILES string of the molecule is COc1c(CN2CCC2)cc(C(F)(F)F)cc1NC(=O)c1ccc(Cl)c(-n2cc(-c3cnn(C)c3C)nn2)c1. The first-order valence-corrected chi connectivity index (χ1v) is 12.5. The maximum Gasteiger partial charge on any atom is 0.416 e. The van der Waals surface area contributed by atoms with Crippen molar-refractivity contribution in [2.75, 3.05) is 25.5 Å². The highest BCUT2D eigenvalue weighted by atomic mass is 35.5. The molecular weight excluding hydrogens is 535 g/mol. The number of nitrogens with zero attached hydrogens (tertiary/aromatic N) is 6. The Morgan fingerprint density at radius 1 is 1.21 bits per heavy atom. The van der Waals surface area contributed by atoms with E-state index < -0.39 is 17.6 Å². The number of carbonyl (C=O) groups excluding carboxylic acids is 1. The van der Waals surface area contributed by atoms with Crippen LogP contribution in [0.5, 0.6) is 5.75 Å². The van der Waals surface area contributed by atoms with Gasteiger partial charge < -0.3 is 10.1 Å². The summed E-state index contributed by atoms with van der Waals surface area (Å²) in [6.45, 7) is 3.76.